The molecule has 25 heavy (non-hydrogen) atoms. The maximum absolute atomic E-state index is 10.9. The van der Waals surface area contributed by atoms with Gasteiger partial charge in [0.1, 0.15) is 11.3 Å². The van der Waals surface area contributed by atoms with Crippen LogP contribution in [0.2, 0.25) is 0 Å². The summed E-state index contributed by atoms with van der Waals surface area (Å²) in [6.45, 7) is 3.97. The van der Waals surface area contributed by atoms with Crippen LogP contribution in [0.5, 0.6) is 5.75 Å². The van der Waals surface area contributed by atoms with Gasteiger partial charge in [-0.3, -0.25) is 14.9 Å². The van der Waals surface area contributed by atoms with Gasteiger partial charge in [0.25, 0.3) is 0 Å². The van der Waals surface area contributed by atoms with E-state index in [-0.39, 0.29) is 11.8 Å². The van der Waals surface area contributed by atoms with Gasteiger partial charge in [-0.25, -0.2) is 0 Å². The number of aromatic nitrogens is 2. The summed E-state index contributed by atoms with van der Waals surface area (Å²) in [5, 5.41) is 11.9. The van der Waals surface area contributed by atoms with Crippen molar-refractivity contribution in [1.82, 2.24) is 19.8 Å². The number of hydrogen-bond acceptors (Lipinski definition) is 5. The molecule has 0 bridgehead atoms. The van der Waals surface area contributed by atoms with Gasteiger partial charge in [-0.1, -0.05) is 18.2 Å². The van der Waals surface area contributed by atoms with E-state index in [2.05, 4.69) is 26.8 Å². The number of rotatable bonds is 3. The first-order chi connectivity index (χ1) is 12.2. The van der Waals surface area contributed by atoms with Gasteiger partial charge < -0.3 is 10.0 Å². The number of likely N-dealkylation sites (N-methyl/N-ethyl adjacent to an activating group) is 1. The van der Waals surface area contributed by atoms with Crippen molar-refractivity contribution < 1.29 is 5.11 Å². The molecule has 4 rings (SSSR count). The first kappa shape index (κ1) is 16.0. The number of fused-ring (bicyclic) bond motifs is 1. The Labute approximate surface area is 147 Å². The van der Waals surface area contributed by atoms with Crippen LogP contribution < -0.4 is 0 Å². The molecule has 0 unspecified atom stereocenters. The second kappa shape index (κ2) is 6.78. The highest BCUT2D eigenvalue weighted by atomic mass is 16.3. The summed E-state index contributed by atoms with van der Waals surface area (Å²) in [7, 11) is 2.15. The average molecular weight is 334 g/mol. The summed E-state index contributed by atoms with van der Waals surface area (Å²) in [4.78, 5) is 13.3. The fraction of sp³-hybridized carbons (Fsp3) is 0.300. The van der Waals surface area contributed by atoms with Crippen LogP contribution >= 0.6 is 0 Å². The molecule has 1 fully saturated rings. The van der Waals surface area contributed by atoms with Crippen molar-refractivity contribution in [2.45, 2.75) is 6.04 Å². The van der Waals surface area contributed by atoms with Crippen molar-refractivity contribution in [2.24, 2.45) is 0 Å². The zero-order valence-electron chi connectivity index (χ0n) is 14.3. The smallest absolute Gasteiger partial charge is 0.146 e. The molecule has 5 heteroatoms. The summed E-state index contributed by atoms with van der Waals surface area (Å²) in [5.41, 5.74) is 2.71. The molecule has 0 aliphatic carbocycles. The van der Waals surface area contributed by atoms with Crippen LogP contribution in [0.4, 0.5) is 0 Å². The molecule has 2 aromatic heterocycles. The number of hydrogen-bond donors (Lipinski definition) is 1. The number of pyridine rings is 2. The zero-order valence-corrected chi connectivity index (χ0v) is 14.3. The Bertz CT molecular complexity index is 860. The summed E-state index contributed by atoms with van der Waals surface area (Å²) in [5.74, 6) is 0.277. The zero-order chi connectivity index (χ0) is 17.2. The van der Waals surface area contributed by atoms with Crippen LogP contribution in [0.3, 0.4) is 0 Å². The first-order valence-electron chi connectivity index (χ1n) is 8.63. The van der Waals surface area contributed by atoms with E-state index in [9.17, 15) is 5.11 Å². The van der Waals surface area contributed by atoms with Crippen molar-refractivity contribution in [2.75, 3.05) is 33.2 Å². The van der Waals surface area contributed by atoms with Crippen LogP contribution in [-0.2, 0) is 0 Å². The van der Waals surface area contributed by atoms with Crippen molar-refractivity contribution in [3.05, 3.63) is 66.1 Å². The van der Waals surface area contributed by atoms with Gasteiger partial charge in [0.15, 0.2) is 0 Å². The van der Waals surface area contributed by atoms with E-state index in [0.717, 1.165) is 42.7 Å². The van der Waals surface area contributed by atoms with Crippen molar-refractivity contribution in [1.29, 1.82) is 0 Å². The monoisotopic (exact) mass is 334 g/mol. The van der Waals surface area contributed by atoms with E-state index in [0.29, 0.717) is 5.52 Å². The summed E-state index contributed by atoms with van der Waals surface area (Å²) >= 11 is 0. The second-order valence-electron chi connectivity index (χ2n) is 6.60. The van der Waals surface area contributed by atoms with E-state index < -0.39 is 0 Å². The summed E-state index contributed by atoms with van der Waals surface area (Å²) < 4.78 is 0. The Morgan fingerprint density at radius 2 is 1.72 bits per heavy atom. The van der Waals surface area contributed by atoms with Crippen LogP contribution in [0, 0.1) is 0 Å². The quantitative estimate of drug-likeness (QED) is 0.798. The van der Waals surface area contributed by atoms with Gasteiger partial charge >= 0.3 is 0 Å². The molecular weight excluding hydrogens is 312 g/mol. The van der Waals surface area contributed by atoms with Gasteiger partial charge in [0.05, 0.1) is 6.04 Å². The Morgan fingerprint density at radius 3 is 2.48 bits per heavy atom. The van der Waals surface area contributed by atoms with Crippen LogP contribution in [0.1, 0.15) is 17.2 Å². The van der Waals surface area contributed by atoms with E-state index in [1.165, 1.54) is 0 Å². The lowest BCUT2D eigenvalue weighted by molar-refractivity contribution is 0.126. The molecule has 0 radical (unpaired) electrons. The van der Waals surface area contributed by atoms with Crippen LogP contribution in [0.25, 0.3) is 10.9 Å². The molecule has 0 saturated carbocycles. The highest BCUT2D eigenvalue weighted by molar-refractivity contribution is 5.85. The number of piperazine rings is 1. The lowest BCUT2D eigenvalue weighted by atomic mass is 9.95. The van der Waals surface area contributed by atoms with E-state index in [4.69, 9.17) is 0 Å². The van der Waals surface area contributed by atoms with Gasteiger partial charge in [-0.15, -0.1) is 0 Å². The number of nitrogens with zero attached hydrogens (tertiary/aromatic N) is 4. The highest BCUT2D eigenvalue weighted by Gasteiger charge is 2.28. The minimum atomic E-state index is 0.00288. The van der Waals surface area contributed by atoms with Crippen LogP contribution in [0.15, 0.2) is 55.0 Å². The molecule has 1 saturated heterocycles. The second-order valence-corrected chi connectivity index (χ2v) is 6.60. The third-order valence-corrected chi connectivity index (χ3v) is 5.00. The topological polar surface area (TPSA) is 52.5 Å². The predicted molar refractivity (Wildman–Crippen MR) is 98.6 cm³/mol. The van der Waals surface area contributed by atoms with E-state index in [1.807, 2.05) is 48.8 Å². The Balaban J connectivity index is 1.82. The lowest BCUT2D eigenvalue weighted by Gasteiger charge is -2.38. The predicted octanol–water partition coefficient (Wildman–Crippen LogP) is 2.67. The third kappa shape index (κ3) is 3.08. The van der Waals surface area contributed by atoms with Gasteiger partial charge in [-0.05, 0) is 30.8 Å². The normalized spacial score (nSPS) is 17.6. The SMILES string of the molecule is CN1CCN([C@@H](c2ccncc2)c2ccc3cccnc3c2O)CC1. The van der Waals surface area contributed by atoms with Gasteiger partial charge in [0, 0.05) is 55.7 Å². The fourth-order valence-corrected chi connectivity index (χ4v) is 3.58. The Hall–Kier alpha value is -2.50. The molecule has 1 aliphatic heterocycles. The standard InChI is InChI=1S/C20H22N4O/c1-23-11-13-24(14-12-23)19(16-6-9-21-10-7-16)17-5-4-15-3-2-8-22-18(15)20(17)25/h2-10,19,25H,11-14H2,1H3/t19-/m0/s1. The maximum Gasteiger partial charge on any atom is 0.146 e. The highest BCUT2D eigenvalue weighted by Crippen LogP contribution is 2.37. The summed E-state index contributed by atoms with van der Waals surface area (Å²) in [6.07, 6.45) is 5.35. The van der Waals surface area contributed by atoms with Crippen molar-refractivity contribution in [3.63, 3.8) is 0 Å². The van der Waals surface area contributed by atoms with Crippen molar-refractivity contribution >= 4 is 10.9 Å². The Kier molecular flexibility index (Phi) is 4.34. The molecule has 128 valence electrons. The lowest BCUT2D eigenvalue weighted by Crippen LogP contribution is -2.46. The summed E-state index contributed by atoms with van der Waals surface area (Å²) in [6, 6.07) is 12.0. The molecule has 1 N–H and O–H groups in total. The Morgan fingerprint density at radius 1 is 0.960 bits per heavy atom. The molecule has 0 spiro atoms. The maximum atomic E-state index is 10.9. The number of phenolic OH excluding ortho intramolecular Hbond substituents is 1. The fourth-order valence-electron chi connectivity index (χ4n) is 3.58. The minimum absolute atomic E-state index is 0.00288. The average Bonchev–Trinajstić information content (AvgIpc) is 2.66. The van der Waals surface area contributed by atoms with Gasteiger partial charge in [-0.2, -0.15) is 0 Å². The minimum Gasteiger partial charge on any atom is -0.505 e. The number of phenols is 1. The molecule has 5 nitrogen and oxygen atoms in total. The molecule has 1 atom stereocenters. The number of benzene rings is 1. The third-order valence-electron chi connectivity index (χ3n) is 5.00. The van der Waals surface area contributed by atoms with Crippen LogP contribution in [-0.4, -0.2) is 58.1 Å². The van der Waals surface area contributed by atoms with Gasteiger partial charge in [0.2, 0.25) is 0 Å². The van der Waals surface area contributed by atoms with E-state index in [1.54, 1.807) is 6.20 Å². The molecule has 3 heterocycles. The molecule has 0 amide bonds. The first-order valence-corrected chi connectivity index (χ1v) is 8.63. The van der Waals surface area contributed by atoms with Crippen molar-refractivity contribution in [3.8, 4) is 5.75 Å². The molecule has 1 aliphatic rings. The molecule has 1 aromatic carbocycles. The molecular formula is C20H22N4O. The molecule has 3 aromatic rings. The number of aromatic hydroxyl groups is 1. The van der Waals surface area contributed by atoms with E-state index >= 15 is 0 Å². The largest absolute Gasteiger partial charge is 0.505 e.